The molecule has 3 heteroatoms. The van der Waals surface area contributed by atoms with Crippen LogP contribution in [-0.4, -0.2) is 4.98 Å². The minimum atomic E-state index is 0.708. The zero-order valence-electron chi connectivity index (χ0n) is 10.7. The Morgan fingerprint density at radius 3 is 2.18 bits per heavy atom. The third kappa shape index (κ3) is 2.26. The van der Waals surface area contributed by atoms with Gasteiger partial charge >= 0.3 is 0 Å². The summed E-state index contributed by atoms with van der Waals surface area (Å²) in [5.74, 6) is 0.708. The van der Waals surface area contributed by atoms with Crippen molar-refractivity contribution in [1.29, 1.82) is 0 Å². The third-order valence-electron chi connectivity index (χ3n) is 3.29. The molecule has 0 aliphatic rings. The van der Waals surface area contributed by atoms with E-state index < -0.39 is 0 Å². The van der Waals surface area contributed by atoms with Gasteiger partial charge in [0.1, 0.15) is 5.01 Å². The standard InChI is InChI=1S/C14H17NS2/c1-8-5-9(2)11(4)13(10(8)3)14-15-12(6-16)7-17-14/h5,7,16H,6H2,1-4H3. The molecule has 0 radical (unpaired) electrons. The van der Waals surface area contributed by atoms with Gasteiger partial charge in [-0.1, -0.05) is 6.07 Å². The first-order valence-corrected chi connectivity index (χ1v) is 7.18. The molecule has 0 saturated heterocycles. The number of aromatic nitrogens is 1. The number of benzene rings is 1. The van der Waals surface area contributed by atoms with E-state index in [1.807, 2.05) is 0 Å². The first kappa shape index (κ1) is 12.7. The van der Waals surface area contributed by atoms with Crippen molar-refractivity contribution in [3.05, 3.63) is 39.4 Å². The summed E-state index contributed by atoms with van der Waals surface area (Å²) in [5.41, 5.74) is 7.73. The molecule has 1 aromatic heterocycles. The Morgan fingerprint density at radius 2 is 1.71 bits per heavy atom. The number of rotatable bonds is 2. The molecule has 1 aromatic carbocycles. The second kappa shape index (κ2) is 4.83. The Labute approximate surface area is 112 Å². The van der Waals surface area contributed by atoms with Crippen LogP contribution < -0.4 is 0 Å². The maximum absolute atomic E-state index is 4.65. The van der Waals surface area contributed by atoms with Crippen LogP contribution in [0.1, 0.15) is 27.9 Å². The van der Waals surface area contributed by atoms with E-state index in [2.05, 4.69) is 56.8 Å². The predicted molar refractivity (Wildman–Crippen MR) is 79.2 cm³/mol. The molecule has 2 aromatic rings. The van der Waals surface area contributed by atoms with Crippen LogP contribution in [-0.2, 0) is 5.75 Å². The Balaban J connectivity index is 2.65. The molecule has 0 N–H and O–H groups in total. The second-order valence-electron chi connectivity index (χ2n) is 4.44. The highest BCUT2D eigenvalue weighted by atomic mass is 32.1. The van der Waals surface area contributed by atoms with Crippen LogP contribution >= 0.6 is 24.0 Å². The highest BCUT2D eigenvalue weighted by Gasteiger charge is 2.13. The smallest absolute Gasteiger partial charge is 0.124 e. The molecule has 0 atom stereocenters. The molecule has 2 rings (SSSR count). The highest BCUT2D eigenvalue weighted by molar-refractivity contribution is 7.79. The summed E-state index contributed by atoms with van der Waals surface area (Å²) >= 11 is 5.99. The zero-order chi connectivity index (χ0) is 12.6. The van der Waals surface area contributed by atoms with E-state index >= 15 is 0 Å². The van der Waals surface area contributed by atoms with Crippen molar-refractivity contribution >= 4 is 24.0 Å². The molecule has 17 heavy (non-hydrogen) atoms. The van der Waals surface area contributed by atoms with Crippen molar-refractivity contribution in [3.63, 3.8) is 0 Å². The van der Waals surface area contributed by atoms with Crippen LogP contribution in [0.3, 0.4) is 0 Å². The summed E-state index contributed by atoms with van der Waals surface area (Å²) in [6.45, 7) is 8.69. The lowest BCUT2D eigenvalue weighted by Crippen LogP contribution is -1.95. The summed E-state index contributed by atoms with van der Waals surface area (Å²) in [6.07, 6.45) is 0. The fourth-order valence-electron chi connectivity index (χ4n) is 2.03. The van der Waals surface area contributed by atoms with Gasteiger partial charge in [-0.3, -0.25) is 0 Å². The third-order valence-corrected chi connectivity index (χ3v) is 4.53. The molecule has 0 aliphatic heterocycles. The van der Waals surface area contributed by atoms with Crippen LogP contribution in [0.2, 0.25) is 0 Å². The van der Waals surface area contributed by atoms with Gasteiger partial charge in [0.25, 0.3) is 0 Å². The number of thiazole rings is 1. The van der Waals surface area contributed by atoms with Crippen molar-refractivity contribution in [1.82, 2.24) is 4.98 Å². The van der Waals surface area contributed by atoms with Crippen LogP contribution in [0.25, 0.3) is 10.6 Å². The van der Waals surface area contributed by atoms with Gasteiger partial charge in [-0.15, -0.1) is 11.3 Å². The predicted octanol–water partition coefficient (Wildman–Crippen LogP) is 4.47. The highest BCUT2D eigenvalue weighted by Crippen LogP contribution is 2.33. The summed E-state index contributed by atoms with van der Waals surface area (Å²) < 4.78 is 0. The van der Waals surface area contributed by atoms with Gasteiger partial charge in [0.2, 0.25) is 0 Å². The van der Waals surface area contributed by atoms with Crippen LogP contribution in [0, 0.1) is 27.7 Å². The Morgan fingerprint density at radius 1 is 1.12 bits per heavy atom. The fourth-order valence-corrected chi connectivity index (χ4v) is 3.30. The van der Waals surface area contributed by atoms with Gasteiger partial charge in [-0.2, -0.15) is 12.6 Å². The summed E-state index contributed by atoms with van der Waals surface area (Å²) in [4.78, 5) is 4.65. The molecular weight excluding hydrogens is 246 g/mol. The van der Waals surface area contributed by atoms with Crippen molar-refractivity contribution in [3.8, 4) is 10.6 Å². The monoisotopic (exact) mass is 263 g/mol. The number of hydrogen-bond acceptors (Lipinski definition) is 3. The number of hydrogen-bond donors (Lipinski definition) is 1. The number of nitrogens with zero attached hydrogens (tertiary/aromatic N) is 1. The van der Waals surface area contributed by atoms with Gasteiger partial charge in [-0.25, -0.2) is 4.98 Å². The van der Waals surface area contributed by atoms with Gasteiger partial charge < -0.3 is 0 Å². The average molecular weight is 263 g/mol. The van der Waals surface area contributed by atoms with Gasteiger partial charge in [0.15, 0.2) is 0 Å². The van der Waals surface area contributed by atoms with Crippen molar-refractivity contribution in [2.45, 2.75) is 33.4 Å². The van der Waals surface area contributed by atoms with E-state index in [1.54, 1.807) is 11.3 Å². The molecule has 0 unspecified atom stereocenters. The Kier molecular flexibility index (Phi) is 3.59. The van der Waals surface area contributed by atoms with E-state index in [-0.39, 0.29) is 0 Å². The first-order valence-electron chi connectivity index (χ1n) is 5.67. The lowest BCUT2D eigenvalue weighted by Gasteiger charge is -2.13. The van der Waals surface area contributed by atoms with E-state index in [4.69, 9.17) is 0 Å². The average Bonchev–Trinajstić information content (AvgIpc) is 2.75. The Bertz CT molecular complexity index is 529. The molecule has 0 amide bonds. The van der Waals surface area contributed by atoms with Crippen LogP contribution in [0.5, 0.6) is 0 Å². The quantitative estimate of drug-likeness (QED) is 0.789. The first-order chi connectivity index (χ1) is 8.04. The van der Waals surface area contributed by atoms with Crippen molar-refractivity contribution < 1.29 is 0 Å². The van der Waals surface area contributed by atoms with Crippen LogP contribution in [0.4, 0.5) is 0 Å². The molecule has 0 fully saturated rings. The molecule has 0 bridgehead atoms. The summed E-state index contributed by atoms with van der Waals surface area (Å²) in [5, 5.41) is 3.22. The topological polar surface area (TPSA) is 12.9 Å². The van der Waals surface area contributed by atoms with E-state index in [9.17, 15) is 0 Å². The molecular formula is C14H17NS2. The molecule has 0 aliphatic carbocycles. The van der Waals surface area contributed by atoms with Crippen LogP contribution in [0.15, 0.2) is 11.4 Å². The number of aryl methyl sites for hydroxylation is 2. The second-order valence-corrected chi connectivity index (χ2v) is 5.61. The largest absolute Gasteiger partial charge is 0.240 e. The Hall–Kier alpha value is -0.800. The zero-order valence-corrected chi connectivity index (χ0v) is 12.4. The SMILES string of the molecule is Cc1cc(C)c(C)c(-c2nc(CS)cs2)c1C. The lowest BCUT2D eigenvalue weighted by atomic mass is 9.95. The van der Waals surface area contributed by atoms with E-state index in [0.717, 1.165) is 10.7 Å². The maximum Gasteiger partial charge on any atom is 0.124 e. The summed E-state index contributed by atoms with van der Waals surface area (Å²) in [7, 11) is 0. The number of thiol groups is 1. The van der Waals surface area contributed by atoms with Crippen molar-refractivity contribution in [2.75, 3.05) is 0 Å². The minimum absolute atomic E-state index is 0.708. The van der Waals surface area contributed by atoms with Gasteiger partial charge in [0.05, 0.1) is 5.69 Å². The van der Waals surface area contributed by atoms with Crippen molar-refractivity contribution in [2.24, 2.45) is 0 Å². The molecule has 1 heterocycles. The molecule has 0 saturated carbocycles. The molecule has 90 valence electrons. The maximum atomic E-state index is 4.65. The molecule has 0 spiro atoms. The normalized spacial score (nSPS) is 10.9. The van der Waals surface area contributed by atoms with E-state index in [1.165, 1.54) is 27.8 Å². The molecule has 1 nitrogen and oxygen atoms in total. The van der Waals surface area contributed by atoms with Gasteiger partial charge in [0, 0.05) is 16.7 Å². The summed E-state index contributed by atoms with van der Waals surface area (Å²) in [6, 6.07) is 2.25. The van der Waals surface area contributed by atoms with E-state index in [0.29, 0.717) is 5.75 Å². The fraction of sp³-hybridized carbons (Fsp3) is 0.357. The minimum Gasteiger partial charge on any atom is -0.240 e. The lowest BCUT2D eigenvalue weighted by molar-refractivity contribution is 1.20. The van der Waals surface area contributed by atoms with Gasteiger partial charge in [-0.05, 0) is 49.9 Å².